The van der Waals surface area contributed by atoms with Crippen molar-refractivity contribution in [3.63, 3.8) is 0 Å². The minimum Gasteiger partial charge on any atom is -0.299 e. The Kier molecular flexibility index (Phi) is 3.06. The molecule has 4 rings (SSSR count). The maximum atomic E-state index is 12.1. The third kappa shape index (κ3) is 1.77. The number of carbonyl (C=O) groups is 1. The van der Waals surface area contributed by atoms with Gasteiger partial charge in [0, 0.05) is 12.3 Å². The zero-order chi connectivity index (χ0) is 14.0. The fourth-order valence-corrected chi connectivity index (χ4v) is 6.64. The third-order valence-corrected chi connectivity index (χ3v) is 7.92. The number of fused-ring (bicyclic) bond motifs is 7. The lowest BCUT2D eigenvalue weighted by Crippen LogP contribution is -2.28. The van der Waals surface area contributed by atoms with Gasteiger partial charge in [0.05, 0.1) is 0 Å². The molecule has 2 bridgehead atoms. The molecule has 0 saturated heterocycles. The normalized spacial score (nSPS) is 52.8. The molecule has 0 heterocycles. The van der Waals surface area contributed by atoms with Crippen molar-refractivity contribution in [2.24, 2.45) is 53.3 Å². The number of carbonyl (C=O) groups excluding carboxylic acids is 1. The van der Waals surface area contributed by atoms with Gasteiger partial charge in [0.25, 0.3) is 0 Å². The predicted molar refractivity (Wildman–Crippen MR) is 81.1 cm³/mol. The largest absolute Gasteiger partial charge is 0.299 e. The Morgan fingerprint density at radius 2 is 1.90 bits per heavy atom. The van der Waals surface area contributed by atoms with E-state index < -0.39 is 0 Å². The summed E-state index contributed by atoms with van der Waals surface area (Å²) in [6.45, 7) is 6.72. The predicted octanol–water partition coefficient (Wildman–Crippen LogP) is 4.56. The van der Waals surface area contributed by atoms with Crippen LogP contribution in [-0.2, 0) is 4.79 Å². The van der Waals surface area contributed by atoms with Gasteiger partial charge in [-0.25, -0.2) is 0 Å². The molecule has 0 aliphatic heterocycles. The first-order chi connectivity index (χ1) is 9.61. The summed E-state index contributed by atoms with van der Waals surface area (Å²) in [5.74, 6) is 9.25. The topological polar surface area (TPSA) is 17.1 Å². The van der Waals surface area contributed by atoms with Crippen LogP contribution in [0.5, 0.6) is 0 Å². The average Bonchev–Trinajstić information content (AvgIpc) is 2.87. The zero-order valence-corrected chi connectivity index (χ0v) is 13.3. The highest BCUT2D eigenvalue weighted by Crippen LogP contribution is 2.73. The minimum absolute atomic E-state index is 0.293. The van der Waals surface area contributed by atoms with E-state index in [1.54, 1.807) is 6.42 Å². The van der Waals surface area contributed by atoms with Crippen molar-refractivity contribution < 1.29 is 4.79 Å². The molecular weight excluding hydrogens is 244 g/mol. The van der Waals surface area contributed by atoms with Gasteiger partial charge in [0.15, 0.2) is 0 Å². The summed E-state index contributed by atoms with van der Waals surface area (Å²) in [6, 6.07) is 0. The van der Waals surface area contributed by atoms with Gasteiger partial charge in [0.1, 0.15) is 5.78 Å². The highest BCUT2D eigenvalue weighted by atomic mass is 16.1. The summed E-state index contributed by atoms with van der Waals surface area (Å²) < 4.78 is 0. The minimum atomic E-state index is 0.293. The lowest BCUT2D eigenvalue weighted by atomic mass is 9.71. The van der Waals surface area contributed by atoms with E-state index in [9.17, 15) is 4.79 Å². The van der Waals surface area contributed by atoms with Gasteiger partial charge in [-0.3, -0.25) is 4.79 Å². The molecular formula is C19H30O. The fourth-order valence-electron chi connectivity index (χ4n) is 6.64. The molecule has 9 unspecified atom stereocenters. The smallest absolute Gasteiger partial charge is 0.135 e. The van der Waals surface area contributed by atoms with Crippen LogP contribution in [0.15, 0.2) is 0 Å². The number of ketones is 1. The second kappa shape index (κ2) is 4.58. The van der Waals surface area contributed by atoms with E-state index in [1.807, 2.05) is 0 Å². The van der Waals surface area contributed by atoms with Crippen LogP contribution in [0.2, 0.25) is 0 Å². The first-order valence-electron chi connectivity index (χ1n) is 9.14. The number of rotatable bonds is 5. The van der Waals surface area contributed by atoms with Crippen molar-refractivity contribution in [2.75, 3.05) is 0 Å². The van der Waals surface area contributed by atoms with Crippen molar-refractivity contribution in [3.8, 4) is 0 Å². The third-order valence-electron chi connectivity index (χ3n) is 7.92. The Morgan fingerprint density at radius 1 is 1.10 bits per heavy atom. The Hall–Kier alpha value is -0.330. The van der Waals surface area contributed by atoms with Crippen LogP contribution in [-0.4, -0.2) is 5.78 Å². The molecule has 0 N–H and O–H groups in total. The standard InChI is InChI=1S/C19H30O/c1-4-10(2)17(20)6-5-12-7-13-8-15(12)16-9-14-11(3)18(14)19(13)16/h10-16,18-19H,4-9H2,1-3H3. The van der Waals surface area contributed by atoms with Crippen molar-refractivity contribution in [3.05, 3.63) is 0 Å². The Labute approximate surface area is 123 Å². The Morgan fingerprint density at radius 3 is 2.65 bits per heavy atom. The van der Waals surface area contributed by atoms with E-state index in [4.69, 9.17) is 0 Å². The second-order valence-electron chi connectivity index (χ2n) is 8.55. The highest BCUT2D eigenvalue weighted by molar-refractivity contribution is 5.80. The Balaban J connectivity index is 1.34. The second-order valence-corrected chi connectivity index (χ2v) is 8.55. The van der Waals surface area contributed by atoms with Crippen LogP contribution in [0.3, 0.4) is 0 Å². The first kappa shape index (κ1) is 13.3. The van der Waals surface area contributed by atoms with Crippen LogP contribution >= 0.6 is 0 Å². The maximum absolute atomic E-state index is 12.1. The lowest BCUT2D eigenvalue weighted by molar-refractivity contribution is -0.122. The van der Waals surface area contributed by atoms with Gasteiger partial charge in [-0.05, 0) is 79.4 Å². The van der Waals surface area contributed by atoms with Crippen LogP contribution in [0.4, 0.5) is 0 Å². The quantitative estimate of drug-likeness (QED) is 0.718. The average molecular weight is 274 g/mol. The maximum Gasteiger partial charge on any atom is 0.135 e. The Bertz CT molecular complexity index is 414. The van der Waals surface area contributed by atoms with Gasteiger partial charge in [0.2, 0.25) is 0 Å². The molecule has 4 aliphatic carbocycles. The molecule has 4 saturated carbocycles. The summed E-state index contributed by atoms with van der Waals surface area (Å²) in [6.07, 6.45) is 7.62. The summed E-state index contributed by atoms with van der Waals surface area (Å²) in [7, 11) is 0. The number of Topliss-reactive ketones (excluding diaryl/α,β-unsaturated/α-hetero) is 1. The molecule has 4 fully saturated rings. The summed E-state index contributed by atoms with van der Waals surface area (Å²) >= 11 is 0. The molecule has 20 heavy (non-hydrogen) atoms. The van der Waals surface area contributed by atoms with Crippen molar-refractivity contribution in [1.82, 2.24) is 0 Å². The summed E-state index contributed by atoms with van der Waals surface area (Å²) in [5.41, 5.74) is 0. The monoisotopic (exact) mass is 274 g/mol. The van der Waals surface area contributed by atoms with Gasteiger partial charge in [-0.2, -0.15) is 0 Å². The van der Waals surface area contributed by atoms with Crippen LogP contribution < -0.4 is 0 Å². The molecule has 0 amide bonds. The van der Waals surface area contributed by atoms with E-state index in [0.29, 0.717) is 11.7 Å². The van der Waals surface area contributed by atoms with Gasteiger partial charge in [-0.1, -0.05) is 20.8 Å². The molecule has 0 aromatic carbocycles. The van der Waals surface area contributed by atoms with Crippen LogP contribution in [0.25, 0.3) is 0 Å². The van der Waals surface area contributed by atoms with Gasteiger partial charge >= 0.3 is 0 Å². The number of hydrogen-bond donors (Lipinski definition) is 0. The molecule has 0 aromatic heterocycles. The fraction of sp³-hybridized carbons (Fsp3) is 0.947. The SMILES string of the molecule is CCC(C)C(=O)CCC1CC2CC1C1CC3C(C)C3C21. The van der Waals surface area contributed by atoms with E-state index in [0.717, 1.165) is 60.2 Å². The van der Waals surface area contributed by atoms with E-state index in [1.165, 1.54) is 19.3 Å². The summed E-state index contributed by atoms with van der Waals surface area (Å²) in [4.78, 5) is 12.1. The van der Waals surface area contributed by atoms with Crippen molar-refractivity contribution >= 4 is 5.78 Å². The van der Waals surface area contributed by atoms with E-state index >= 15 is 0 Å². The lowest BCUT2D eigenvalue weighted by Gasteiger charge is -2.34. The van der Waals surface area contributed by atoms with Crippen molar-refractivity contribution in [2.45, 2.75) is 59.3 Å². The van der Waals surface area contributed by atoms with E-state index in [-0.39, 0.29) is 0 Å². The summed E-state index contributed by atoms with van der Waals surface area (Å²) in [5, 5.41) is 0. The first-order valence-corrected chi connectivity index (χ1v) is 9.14. The van der Waals surface area contributed by atoms with E-state index in [2.05, 4.69) is 20.8 Å². The molecule has 9 atom stereocenters. The van der Waals surface area contributed by atoms with Crippen LogP contribution in [0.1, 0.15) is 59.3 Å². The zero-order valence-electron chi connectivity index (χ0n) is 13.3. The number of hydrogen-bond acceptors (Lipinski definition) is 1. The van der Waals surface area contributed by atoms with Crippen LogP contribution in [0, 0.1) is 53.3 Å². The molecule has 0 radical (unpaired) electrons. The van der Waals surface area contributed by atoms with Crippen molar-refractivity contribution in [1.29, 1.82) is 0 Å². The molecule has 0 aromatic rings. The molecule has 4 aliphatic rings. The van der Waals surface area contributed by atoms with Gasteiger partial charge in [-0.15, -0.1) is 0 Å². The molecule has 1 heteroatoms. The highest BCUT2D eigenvalue weighted by Gasteiger charge is 2.67. The molecule has 1 nitrogen and oxygen atoms in total. The molecule has 0 spiro atoms. The molecule has 112 valence electrons. The van der Waals surface area contributed by atoms with Gasteiger partial charge < -0.3 is 0 Å².